The molecule has 0 fully saturated rings. The standard InChI is InChI=1S/C16H18N2O/c1-4-7-12(5-2)18-16-14-8-6-9-15(19-3)13(14)10-11-17-16/h2,6,8-12H,4,7H2,1,3H3,(H,17,18). The van der Waals surface area contributed by atoms with Crippen LogP contribution >= 0.6 is 0 Å². The molecule has 3 nitrogen and oxygen atoms in total. The van der Waals surface area contributed by atoms with Gasteiger partial charge in [-0.15, -0.1) is 6.42 Å². The van der Waals surface area contributed by atoms with Crippen molar-refractivity contribution in [3.8, 4) is 18.1 Å². The Labute approximate surface area is 114 Å². The van der Waals surface area contributed by atoms with Crippen LogP contribution in [0.15, 0.2) is 30.5 Å². The van der Waals surface area contributed by atoms with Gasteiger partial charge in [-0.2, -0.15) is 0 Å². The molecule has 0 radical (unpaired) electrons. The number of nitrogens with one attached hydrogen (secondary N) is 1. The van der Waals surface area contributed by atoms with Crippen LogP contribution in [0.4, 0.5) is 5.82 Å². The second kappa shape index (κ2) is 6.10. The Bertz CT molecular complexity index is 601. The van der Waals surface area contributed by atoms with E-state index in [1.807, 2.05) is 24.3 Å². The number of hydrogen-bond donors (Lipinski definition) is 1. The van der Waals surface area contributed by atoms with Crippen molar-refractivity contribution in [1.29, 1.82) is 0 Å². The normalized spacial score (nSPS) is 11.8. The van der Waals surface area contributed by atoms with Gasteiger partial charge < -0.3 is 10.1 Å². The summed E-state index contributed by atoms with van der Waals surface area (Å²) in [5, 5.41) is 5.38. The number of methoxy groups -OCH3 is 1. The van der Waals surface area contributed by atoms with Crippen LogP contribution in [0.25, 0.3) is 10.8 Å². The molecule has 19 heavy (non-hydrogen) atoms. The zero-order valence-corrected chi connectivity index (χ0v) is 11.3. The maximum Gasteiger partial charge on any atom is 0.134 e. The highest BCUT2D eigenvalue weighted by Crippen LogP contribution is 2.29. The van der Waals surface area contributed by atoms with Crippen LogP contribution in [0.2, 0.25) is 0 Å². The molecule has 2 rings (SSSR count). The van der Waals surface area contributed by atoms with Gasteiger partial charge in [0.1, 0.15) is 11.6 Å². The predicted molar refractivity (Wildman–Crippen MR) is 79.4 cm³/mol. The van der Waals surface area contributed by atoms with Crippen molar-refractivity contribution < 1.29 is 4.74 Å². The van der Waals surface area contributed by atoms with E-state index in [-0.39, 0.29) is 6.04 Å². The lowest BCUT2D eigenvalue weighted by Gasteiger charge is -2.15. The summed E-state index contributed by atoms with van der Waals surface area (Å²) in [5.74, 6) is 4.42. The zero-order valence-electron chi connectivity index (χ0n) is 11.3. The zero-order chi connectivity index (χ0) is 13.7. The van der Waals surface area contributed by atoms with Crippen LogP contribution in [0, 0.1) is 12.3 Å². The van der Waals surface area contributed by atoms with Crippen molar-refractivity contribution in [2.75, 3.05) is 12.4 Å². The first kappa shape index (κ1) is 13.2. The Hall–Kier alpha value is -2.21. The Morgan fingerprint density at radius 2 is 2.21 bits per heavy atom. The molecule has 0 saturated heterocycles. The summed E-state index contributed by atoms with van der Waals surface area (Å²) in [6.07, 6.45) is 9.28. The summed E-state index contributed by atoms with van der Waals surface area (Å²) in [7, 11) is 1.67. The van der Waals surface area contributed by atoms with Gasteiger partial charge in [-0.3, -0.25) is 0 Å². The van der Waals surface area contributed by atoms with Crippen molar-refractivity contribution in [1.82, 2.24) is 4.98 Å². The molecule has 3 heteroatoms. The number of pyridine rings is 1. The Morgan fingerprint density at radius 1 is 1.37 bits per heavy atom. The third-order valence-electron chi connectivity index (χ3n) is 3.08. The highest BCUT2D eigenvalue weighted by atomic mass is 16.5. The van der Waals surface area contributed by atoms with Crippen LogP contribution in [0.1, 0.15) is 19.8 Å². The monoisotopic (exact) mass is 254 g/mol. The molecule has 1 atom stereocenters. The second-order valence-electron chi connectivity index (χ2n) is 4.37. The summed E-state index contributed by atoms with van der Waals surface area (Å²) in [5.41, 5.74) is 0. The van der Waals surface area contributed by atoms with E-state index in [1.54, 1.807) is 13.3 Å². The van der Waals surface area contributed by atoms with Crippen molar-refractivity contribution in [2.45, 2.75) is 25.8 Å². The summed E-state index contributed by atoms with van der Waals surface area (Å²) >= 11 is 0. The summed E-state index contributed by atoms with van der Waals surface area (Å²) < 4.78 is 5.37. The summed E-state index contributed by atoms with van der Waals surface area (Å²) in [6.45, 7) is 2.12. The number of fused-ring (bicyclic) bond motifs is 1. The van der Waals surface area contributed by atoms with E-state index >= 15 is 0 Å². The van der Waals surface area contributed by atoms with E-state index in [1.165, 1.54) is 0 Å². The molecule has 0 spiro atoms. The van der Waals surface area contributed by atoms with Crippen molar-refractivity contribution in [3.05, 3.63) is 30.5 Å². The van der Waals surface area contributed by atoms with E-state index in [2.05, 4.69) is 23.1 Å². The molecule has 2 aromatic rings. The molecule has 1 heterocycles. The number of ether oxygens (including phenoxy) is 1. The molecule has 0 aliphatic carbocycles. The quantitative estimate of drug-likeness (QED) is 0.830. The fraction of sp³-hybridized carbons (Fsp3) is 0.312. The molecule has 0 bridgehead atoms. The molecule has 1 unspecified atom stereocenters. The highest BCUT2D eigenvalue weighted by molar-refractivity contribution is 5.95. The lowest BCUT2D eigenvalue weighted by atomic mass is 10.1. The lowest BCUT2D eigenvalue weighted by Crippen LogP contribution is -2.17. The van der Waals surface area contributed by atoms with E-state index in [0.29, 0.717) is 0 Å². The third-order valence-corrected chi connectivity index (χ3v) is 3.08. The lowest BCUT2D eigenvalue weighted by molar-refractivity contribution is 0.420. The van der Waals surface area contributed by atoms with Crippen LogP contribution < -0.4 is 10.1 Å². The topological polar surface area (TPSA) is 34.2 Å². The van der Waals surface area contributed by atoms with Gasteiger partial charge in [0.2, 0.25) is 0 Å². The maximum absolute atomic E-state index is 5.54. The molecule has 1 aromatic carbocycles. The summed E-state index contributed by atoms with van der Waals surface area (Å²) in [6, 6.07) is 7.88. The molecule has 1 aromatic heterocycles. The van der Waals surface area contributed by atoms with Crippen molar-refractivity contribution in [3.63, 3.8) is 0 Å². The van der Waals surface area contributed by atoms with Crippen LogP contribution in [0.5, 0.6) is 5.75 Å². The molecular weight excluding hydrogens is 236 g/mol. The van der Waals surface area contributed by atoms with Gasteiger partial charge in [0.05, 0.1) is 13.2 Å². The van der Waals surface area contributed by atoms with Crippen LogP contribution in [0.3, 0.4) is 0 Å². The largest absolute Gasteiger partial charge is 0.496 e. The van der Waals surface area contributed by atoms with E-state index in [4.69, 9.17) is 11.2 Å². The van der Waals surface area contributed by atoms with Gasteiger partial charge >= 0.3 is 0 Å². The minimum Gasteiger partial charge on any atom is -0.496 e. The van der Waals surface area contributed by atoms with Crippen molar-refractivity contribution >= 4 is 16.6 Å². The fourth-order valence-electron chi connectivity index (χ4n) is 2.12. The van der Waals surface area contributed by atoms with Gasteiger partial charge in [-0.05, 0) is 18.6 Å². The van der Waals surface area contributed by atoms with Gasteiger partial charge in [0, 0.05) is 17.0 Å². The minimum absolute atomic E-state index is 0.00861. The number of anilines is 1. The van der Waals surface area contributed by atoms with E-state index in [9.17, 15) is 0 Å². The predicted octanol–water partition coefficient (Wildman–Crippen LogP) is 3.46. The Kier molecular flexibility index (Phi) is 4.25. The number of rotatable bonds is 5. The van der Waals surface area contributed by atoms with Crippen LogP contribution in [-0.4, -0.2) is 18.1 Å². The average molecular weight is 254 g/mol. The van der Waals surface area contributed by atoms with Crippen molar-refractivity contribution in [2.24, 2.45) is 0 Å². The first-order valence-electron chi connectivity index (χ1n) is 6.44. The first-order chi connectivity index (χ1) is 9.30. The van der Waals surface area contributed by atoms with Gasteiger partial charge in [0.25, 0.3) is 0 Å². The van der Waals surface area contributed by atoms with Gasteiger partial charge in [-0.1, -0.05) is 31.4 Å². The second-order valence-corrected chi connectivity index (χ2v) is 4.37. The molecule has 98 valence electrons. The van der Waals surface area contributed by atoms with Gasteiger partial charge in [-0.25, -0.2) is 4.98 Å². The third kappa shape index (κ3) is 2.79. The number of aromatic nitrogens is 1. The molecule has 0 amide bonds. The van der Waals surface area contributed by atoms with E-state index in [0.717, 1.165) is 35.2 Å². The number of terminal acetylenes is 1. The highest BCUT2D eigenvalue weighted by Gasteiger charge is 2.09. The molecule has 1 N–H and O–H groups in total. The molecule has 0 saturated carbocycles. The Balaban J connectivity index is 2.41. The molecular formula is C16H18N2O. The Morgan fingerprint density at radius 3 is 2.89 bits per heavy atom. The number of nitrogens with zero attached hydrogens (tertiary/aromatic N) is 1. The minimum atomic E-state index is 0.00861. The SMILES string of the molecule is C#CC(CCC)Nc1nccc2c(OC)cccc12. The first-order valence-corrected chi connectivity index (χ1v) is 6.44. The van der Waals surface area contributed by atoms with E-state index < -0.39 is 0 Å². The van der Waals surface area contributed by atoms with Crippen LogP contribution in [-0.2, 0) is 0 Å². The fourth-order valence-corrected chi connectivity index (χ4v) is 2.12. The smallest absolute Gasteiger partial charge is 0.134 e. The molecule has 0 aliphatic rings. The maximum atomic E-state index is 5.54. The number of benzene rings is 1. The molecule has 0 aliphatic heterocycles. The average Bonchev–Trinajstić information content (AvgIpc) is 2.46. The number of hydrogen-bond acceptors (Lipinski definition) is 3. The van der Waals surface area contributed by atoms with Gasteiger partial charge in [0.15, 0.2) is 0 Å². The summed E-state index contributed by atoms with van der Waals surface area (Å²) in [4.78, 5) is 4.39.